The molecule has 1 unspecified atom stereocenters. The molecular weight excluding hydrogens is 388 g/mol. The summed E-state index contributed by atoms with van der Waals surface area (Å²) in [5.41, 5.74) is 2.50. The third-order valence-corrected chi connectivity index (χ3v) is 4.72. The zero-order valence-corrected chi connectivity index (χ0v) is 17.9. The lowest BCUT2D eigenvalue weighted by atomic mass is 9.87. The molecule has 2 amide bonds. The molecule has 162 valence electrons. The number of rotatable bonds is 4. The van der Waals surface area contributed by atoms with Crippen LogP contribution in [0.3, 0.4) is 0 Å². The van der Waals surface area contributed by atoms with Crippen LogP contribution in [0.1, 0.15) is 51.3 Å². The highest BCUT2D eigenvalue weighted by Gasteiger charge is 2.30. The third-order valence-electron chi connectivity index (χ3n) is 4.72. The molecule has 1 aliphatic rings. The number of ether oxygens (including phenoxy) is 1. The number of nitrogens with zero attached hydrogens (tertiary/aromatic N) is 2. The van der Waals surface area contributed by atoms with Gasteiger partial charge in [-0.2, -0.15) is 0 Å². The second-order valence-electron chi connectivity index (χ2n) is 7.88. The number of carbonyl (C=O) groups excluding carboxylic acids is 2. The van der Waals surface area contributed by atoms with Gasteiger partial charge in [-0.05, 0) is 18.6 Å². The van der Waals surface area contributed by atoms with Crippen molar-refractivity contribution >= 4 is 29.7 Å². The first-order valence-electron chi connectivity index (χ1n) is 9.57. The minimum absolute atomic E-state index is 0.0629. The van der Waals surface area contributed by atoms with E-state index in [0.717, 1.165) is 17.8 Å². The fourth-order valence-electron chi connectivity index (χ4n) is 3.06. The largest absolute Gasteiger partial charge is 0.494 e. The Morgan fingerprint density at radius 3 is 2.63 bits per heavy atom. The van der Waals surface area contributed by atoms with Crippen LogP contribution in [0.4, 0.5) is 11.4 Å². The Kier molecular flexibility index (Phi) is 7.20. The van der Waals surface area contributed by atoms with Gasteiger partial charge >= 0.3 is 0 Å². The van der Waals surface area contributed by atoms with E-state index < -0.39 is 5.41 Å². The number of aryl methyl sites for hydroxylation is 1. The first kappa shape index (κ1) is 22.9. The SMILES string of the molecule is CCn1cnc(C2CC(=O)Nc3cc(OC)c(NC(=O)C(C)(C)C)cc32)c1.O=CO. The number of benzene rings is 1. The van der Waals surface area contributed by atoms with Crippen LogP contribution in [0.2, 0.25) is 0 Å². The van der Waals surface area contributed by atoms with Gasteiger partial charge in [-0.15, -0.1) is 0 Å². The van der Waals surface area contributed by atoms with E-state index in [1.807, 2.05) is 44.5 Å². The van der Waals surface area contributed by atoms with Crippen molar-refractivity contribution in [3.8, 4) is 5.75 Å². The van der Waals surface area contributed by atoms with Gasteiger partial charge in [0, 0.05) is 42.2 Å². The van der Waals surface area contributed by atoms with Gasteiger partial charge in [-0.25, -0.2) is 4.98 Å². The fourth-order valence-corrected chi connectivity index (χ4v) is 3.06. The molecule has 0 radical (unpaired) electrons. The van der Waals surface area contributed by atoms with E-state index in [1.165, 1.54) is 0 Å². The van der Waals surface area contributed by atoms with Crippen molar-refractivity contribution in [3.05, 3.63) is 35.9 Å². The van der Waals surface area contributed by atoms with Crippen molar-refractivity contribution in [2.24, 2.45) is 5.41 Å². The average Bonchev–Trinajstić information content (AvgIpc) is 3.16. The first-order chi connectivity index (χ1) is 14.1. The van der Waals surface area contributed by atoms with Gasteiger partial charge in [-0.3, -0.25) is 14.4 Å². The molecule has 2 aromatic rings. The number of imidazole rings is 1. The molecule has 9 nitrogen and oxygen atoms in total. The van der Waals surface area contributed by atoms with Gasteiger partial charge in [0.1, 0.15) is 5.75 Å². The van der Waals surface area contributed by atoms with E-state index in [-0.39, 0.29) is 24.2 Å². The van der Waals surface area contributed by atoms with Crippen LogP contribution in [0.5, 0.6) is 5.75 Å². The Labute approximate surface area is 175 Å². The summed E-state index contributed by atoms with van der Waals surface area (Å²) in [6.07, 6.45) is 4.05. The molecule has 0 saturated carbocycles. The second-order valence-corrected chi connectivity index (χ2v) is 7.88. The zero-order valence-electron chi connectivity index (χ0n) is 17.9. The van der Waals surface area contributed by atoms with Crippen molar-refractivity contribution in [2.45, 2.75) is 46.6 Å². The van der Waals surface area contributed by atoms with Gasteiger partial charge in [0.2, 0.25) is 11.8 Å². The Morgan fingerprint density at radius 1 is 1.43 bits per heavy atom. The lowest BCUT2D eigenvalue weighted by molar-refractivity contribution is -0.123. The third kappa shape index (κ3) is 5.16. The van der Waals surface area contributed by atoms with E-state index in [4.69, 9.17) is 14.6 Å². The van der Waals surface area contributed by atoms with Crippen molar-refractivity contribution in [1.29, 1.82) is 0 Å². The summed E-state index contributed by atoms with van der Waals surface area (Å²) in [6, 6.07) is 3.64. The molecule has 1 aromatic carbocycles. The fraction of sp³-hybridized carbons (Fsp3) is 0.429. The molecule has 1 aliphatic heterocycles. The molecule has 1 atom stereocenters. The van der Waals surface area contributed by atoms with Crippen LogP contribution in [0.25, 0.3) is 0 Å². The van der Waals surface area contributed by atoms with Crippen molar-refractivity contribution in [3.63, 3.8) is 0 Å². The summed E-state index contributed by atoms with van der Waals surface area (Å²) in [4.78, 5) is 37.5. The van der Waals surface area contributed by atoms with E-state index in [2.05, 4.69) is 15.6 Å². The molecule has 30 heavy (non-hydrogen) atoms. The number of methoxy groups -OCH3 is 1. The predicted octanol–water partition coefficient (Wildman–Crippen LogP) is 3.07. The second kappa shape index (κ2) is 9.43. The van der Waals surface area contributed by atoms with E-state index in [0.29, 0.717) is 23.5 Å². The van der Waals surface area contributed by atoms with E-state index >= 15 is 0 Å². The minimum atomic E-state index is -0.533. The lowest BCUT2D eigenvalue weighted by Gasteiger charge is -2.27. The van der Waals surface area contributed by atoms with Crippen molar-refractivity contribution in [2.75, 3.05) is 17.7 Å². The minimum Gasteiger partial charge on any atom is -0.494 e. The van der Waals surface area contributed by atoms with Gasteiger partial charge in [-0.1, -0.05) is 20.8 Å². The number of amides is 2. The molecule has 0 bridgehead atoms. The Morgan fingerprint density at radius 2 is 2.10 bits per heavy atom. The Balaban J connectivity index is 0.00000101. The van der Waals surface area contributed by atoms with Crippen molar-refractivity contribution in [1.82, 2.24) is 9.55 Å². The summed E-state index contributed by atoms with van der Waals surface area (Å²) in [7, 11) is 1.54. The Bertz CT molecular complexity index is 930. The van der Waals surface area contributed by atoms with E-state index in [9.17, 15) is 9.59 Å². The highest BCUT2D eigenvalue weighted by molar-refractivity contribution is 5.99. The van der Waals surface area contributed by atoms with Crippen LogP contribution in [-0.2, 0) is 20.9 Å². The number of hydrogen-bond acceptors (Lipinski definition) is 5. The molecule has 2 heterocycles. The normalized spacial score (nSPS) is 15.2. The Hall–Kier alpha value is -3.36. The van der Waals surface area contributed by atoms with Crippen molar-refractivity contribution < 1.29 is 24.2 Å². The van der Waals surface area contributed by atoms with Crippen LogP contribution >= 0.6 is 0 Å². The molecule has 0 fully saturated rings. The smallest absolute Gasteiger partial charge is 0.290 e. The molecule has 0 spiro atoms. The van der Waals surface area contributed by atoms with Crippen LogP contribution in [0.15, 0.2) is 24.7 Å². The number of carbonyl (C=O) groups is 3. The maximum absolute atomic E-state index is 12.5. The molecule has 1 aromatic heterocycles. The molecular formula is C21H28N4O5. The van der Waals surface area contributed by atoms with Gasteiger partial charge in [0.05, 0.1) is 24.8 Å². The monoisotopic (exact) mass is 416 g/mol. The number of nitrogens with one attached hydrogen (secondary N) is 2. The summed E-state index contributed by atoms with van der Waals surface area (Å²) in [5, 5.41) is 12.7. The van der Waals surface area contributed by atoms with Crippen LogP contribution in [-0.4, -0.2) is 40.1 Å². The first-order valence-corrected chi connectivity index (χ1v) is 9.57. The quantitative estimate of drug-likeness (QED) is 0.659. The van der Waals surface area contributed by atoms with Crippen LogP contribution < -0.4 is 15.4 Å². The lowest BCUT2D eigenvalue weighted by Crippen LogP contribution is -2.28. The maximum atomic E-state index is 12.5. The maximum Gasteiger partial charge on any atom is 0.290 e. The highest BCUT2D eigenvalue weighted by atomic mass is 16.5. The van der Waals surface area contributed by atoms with Gasteiger partial charge in [0.15, 0.2) is 0 Å². The molecule has 0 aliphatic carbocycles. The summed E-state index contributed by atoms with van der Waals surface area (Å²) < 4.78 is 7.42. The predicted molar refractivity (Wildman–Crippen MR) is 113 cm³/mol. The van der Waals surface area contributed by atoms with Gasteiger partial charge in [0.25, 0.3) is 6.47 Å². The standard InChI is InChI=1S/C20H26N4O3.CH2O2/c1-6-24-10-16(21-11-24)13-8-18(25)22-14-9-17(27-5)15(7-12(13)14)23-19(26)20(2,3)4;2-1-3/h7,9-11,13H,6,8H2,1-5H3,(H,22,25)(H,23,26);1H,(H,2,3). The summed E-state index contributed by atoms with van der Waals surface area (Å²) in [5.74, 6) is 0.170. The van der Waals surface area contributed by atoms with Gasteiger partial charge < -0.3 is 25.0 Å². The number of carboxylic acid groups (broad SMARTS) is 1. The van der Waals surface area contributed by atoms with Crippen LogP contribution in [0, 0.1) is 5.41 Å². The molecule has 3 N–H and O–H groups in total. The number of anilines is 2. The highest BCUT2D eigenvalue weighted by Crippen LogP contribution is 2.42. The molecule has 3 rings (SSSR count). The zero-order chi connectivity index (χ0) is 22.5. The average molecular weight is 416 g/mol. The number of aromatic nitrogens is 2. The van der Waals surface area contributed by atoms with E-state index in [1.54, 1.807) is 19.5 Å². The summed E-state index contributed by atoms with van der Waals surface area (Å²) in [6.45, 7) is 8.17. The number of hydrogen-bond donors (Lipinski definition) is 3. The topological polar surface area (TPSA) is 123 Å². The summed E-state index contributed by atoms with van der Waals surface area (Å²) >= 11 is 0. The molecule has 9 heteroatoms. The molecule has 0 saturated heterocycles. The number of fused-ring (bicyclic) bond motifs is 1.